The van der Waals surface area contributed by atoms with Gasteiger partial charge in [0.25, 0.3) is 5.69 Å². The number of nitro groups is 1. The van der Waals surface area contributed by atoms with Gasteiger partial charge >= 0.3 is 0 Å². The van der Waals surface area contributed by atoms with Gasteiger partial charge in [-0.2, -0.15) is 9.40 Å². The van der Waals surface area contributed by atoms with E-state index in [0.717, 1.165) is 0 Å². The van der Waals surface area contributed by atoms with E-state index in [1.54, 1.807) is 24.9 Å². The second-order valence-corrected chi connectivity index (χ2v) is 8.66. The van der Waals surface area contributed by atoms with Crippen LogP contribution in [0, 0.1) is 23.0 Å². The minimum Gasteiger partial charge on any atom is -0.323 e. The molecule has 0 atom stereocenters. The Labute approximate surface area is 162 Å². The van der Waals surface area contributed by atoms with Crippen LogP contribution in [0.15, 0.2) is 35.4 Å². The van der Waals surface area contributed by atoms with E-state index in [1.807, 2.05) is 0 Å². The Bertz CT molecular complexity index is 991. The number of hydrogen-bond acceptors (Lipinski definition) is 6. The molecular weight excluding hydrogens is 386 g/mol. The van der Waals surface area contributed by atoms with Crippen molar-refractivity contribution in [2.24, 2.45) is 13.0 Å². The summed E-state index contributed by atoms with van der Waals surface area (Å²) in [6.45, 7) is 2.22. The Morgan fingerprint density at radius 1 is 1.25 bits per heavy atom. The highest BCUT2D eigenvalue weighted by Crippen LogP contribution is 2.26. The first-order chi connectivity index (χ1) is 13.2. The zero-order valence-electron chi connectivity index (χ0n) is 15.5. The van der Waals surface area contributed by atoms with Crippen molar-refractivity contribution in [2.45, 2.75) is 24.7 Å². The van der Waals surface area contributed by atoms with Crippen molar-refractivity contribution >= 4 is 27.3 Å². The standard InChI is InChI=1S/C17H21N5O5S/c1-12-16(11-20(2)19-12)18-17(23)13-7-9-21(10-8-13)28(26,27)15-5-3-14(4-6-15)22(24)25/h3-6,11,13H,7-10H2,1-2H3,(H,18,23). The largest absolute Gasteiger partial charge is 0.323 e. The summed E-state index contributed by atoms with van der Waals surface area (Å²) in [5.41, 5.74) is 1.20. The molecule has 1 N–H and O–H groups in total. The minimum atomic E-state index is -3.75. The van der Waals surface area contributed by atoms with Gasteiger partial charge in [0.2, 0.25) is 15.9 Å². The lowest BCUT2D eigenvalue weighted by molar-refractivity contribution is -0.384. The number of aromatic nitrogens is 2. The van der Waals surface area contributed by atoms with Crippen LogP contribution in [0.1, 0.15) is 18.5 Å². The highest BCUT2D eigenvalue weighted by Gasteiger charge is 2.32. The SMILES string of the molecule is Cc1nn(C)cc1NC(=O)C1CCN(S(=O)(=O)c2ccc([N+](=O)[O-])cc2)CC1. The average molecular weight is 407 g/mol. The molecule has 0 radical (unpaired) electrons. The van der Waals surface area contributed by atoms with Crippen LogP contribution in [0.5, 0.6) is 0 Å². The van der Waals surface area contributed by atoms with E-state index in [1.165, 1.54) is 28.6 Å². The molecule has 1 aromatic carbocycles. The number of aryl methyl sites for hydroxylation is 2. The number of benzene rings is 1. The summed E-state index contributed by atoms with van der Waals surface area (Å²) < 4.78 is 28.4. The van der Waals surface area contributed by atoms with Crippen molar-refractivity contribution in [3.63, 3.8) is 0 Å². The van der Waals surface area contributed by atoms with E-state index in [0.29, 0.717) is 24.2 Å². The molecule has 2 aromatic rings. The molecular formula is C17H21N5O5S. The van der Waals surface area contributed by atoms with Crippen molar-refractivity contribution < 1.29 is 18.1 Å². The van der Waals surface area contributed by atoms with Crippen LogP contribution in [0.4, 0.5) is 11.4 Å². The van der Waals surface area contributed by atoms with Gasteiger partial charge in [-0.15, -0.1) is 0 Å². The molecule has 3 rings (SSSR count). The molecule has 28 heavy (non-hydrogen) atoms. The molecule has 0 bridgehead atoms. The lowest BCUT2D eigenvalue weighted by atomic mass is 9.97. The average Bonchev–Trinajstić information content (AvgIpc) is 2.98. The maximum absolute atomic E-state index is 12.7. The predicted octanol–water partition coefficient (Wildman–Crippen LogP) is 1.68. The first-order valence-corrected chi connectivity index (χ1v) is 10.2. The van der Waals surface area contributed by atoms with Gasteiger partial charge in [0.05, 0.1) is 21.2 Å². The van der Waals surface area contributed by atoms with Crippen molar-refractivity contribution in [1.29, 1.82) is 0 Å². The van der Waals surface area contributed by atoms with Gasteiger partial charge in [0.1, 0.15) is 0 Å². The molecule has 11 heteroatoms. The molecule has 2 heterocycles. The maximum Gasteiger partial charge on any atom is 0.269 e. The smallest absolute Gasteiger partial charge is 0.269 e. The molecule has 1 saturated heterocycles. The Balaban J connectivity index is 1.63. The zero-order chi connectivity index (χ0) is 20.5. The Kier molecular flexibility index (Phi) is 5.47. The highest BCUT2D eigenvalue weighted by molar-refractivity contribution is 7.89. The van der Waals surface area contributed by atoms with Crippen LogP contribution in [0.2, 0.25) is 0 Å². The highest BCUT2D eigenvalue weighted by atomic mass is 32.2. The number of nitrogens with one attached hydrogen (secondary N) is 1. The molecule has 1 fully saturated rings. The molecule has 0 spiro atoms. The molecule has 0 unspecified atom stereocenters. The third-order valence-corrected chi connectivity index (χ3v) is 6.69. The third-order valence-electron chi connectivity index (χ3n) is 4.78. The number of piperidine rings is 1. The number of nitrogens with zero attached hydrogens (tertiary/aromatic N) is 4. The quantitative estimate of drug-likeness (QED) is 0.593. The fraction of sp³-hybridized carbons (Fsp3) is 0.412. The van der Waals surface area contributed by atoms with Crippen LogP contribution < -0.4 is 5.32 Å². The maximum atomic E-state index is 12.7. The summed E-state index contributed by atoms with van der Waals surface area (Å²) in [6.07, 6.45) is 2.52. The second-order valence-electron chi connectivity index (χ2n) is 6.72. The minimum absolute atomic E-state index is 0.00647. The van der Waals surface area contributed by atoms with Crippen molar-refractivity contribution in [3.05, 3.63) is 46.3 Å². The van der Waals surface area contributed by atoms with Gasteiger partial charge in [0, 0.05) is 44.4 Å². The fourth-order valence-electron chi connectivity index (χ4n) is 3.20. The number of non-ortho nitro benzene ring substituents is 1. The summed E-state index contributed by atoms with van der Waals surface area (Å²) >= 11 is 0. The van der Waals surface area contributed by atoms with Crippen LogP contribution in [-0.2, 0) is 21.9 Å². The number of sulfonamides is 1. The van der Waals surface area contributed by atoms with Gasteiger partial charge in [-0.3, -0.25) is 19.6 Å². The summed E-state index contributed by atoms with van der Waals surface area (Å²) in [7, 11) is -1.98. The van der Waals surface area contributed by atoms with E-state index < -0.39 is 14.9 Å². The van der Waals surface area contributed by atoms with Crippen molar-refractivity contribution in [2.75, 3.05) is 18.4 Å². The first-order valence-electron chi connectivity index (χ1n) is 8.74. The molecule has 0 saturated carbocycles. The Morgan fingerprint density at radius 2 is 1.86 bits per heavy atom. The van der Waals surface area contributed by atoms with Gasteiger partial charge < -0.3 is 5.32 Å². The third kappa shape index (κ3) is 4.04. The molecule has 1 aliphatic heterocycles. The van der Waals surface area contributed by atoms with Gasteiger partial charge in [-0.1, -0.05) is 0 Å². The van der Waals surface area contributed by atoms with Crippen LogP contribution >= 0.6 is 0 Å². The molecule has 1 aliphatic rings. The van der Waals surface area contributed by atoms with Crippen LogP contribution in [0.25, 0.3) is 0 Å². The lowest BCUT2D eigenvalue weighted by Gasteiger charge is -2.30. The first kappa shape index (κ1) is 20.0. The normalized spacial score (nSPS) is 16.1. The predicted molar refractivity (Wildman–Crippen MR) is 101 cm³/mol. The fourth-order valence-corrected chi connectivity index (χ4v) is 4.67. The second kappa shape index (κ2) is 7.68. The summed E-state index contributed by atoms with van der Waals surface area (Å²) in [4.78, 5) is 22.6. The lowest BCUT2D eigenvalue weighted by Crippen LogP contribution is -2.41. The van der Waals surface area contributed by atoms with E-state index in [-0.39, 0.29) is 35.5 Å². The topological polar surface area (TPSA) is 127 Å². The van der Waals surface area contributed by atoms with Gasteiger partial charge in [-0.05, 0) is 31.9 Å². The number of anilines is 1. The molecule has 0 aliphatic carbocycles. The molecule has 1 aromatic heterocycles. The number of amides is 1. The van der Waals surface area contributed by atoms with E-state index >= 15 is 0 Å². The van der Waals surface area contributed by atoms with E-state index in [2.05, 4.69) is 10.4 Å². The Hall–Kier alpha value is -2.79. The number of hydrogen-bond donors (Lipinski definition) is 1. The summed E-state index contributed by atoms with van der Waals surface area (Å²) in [5, 5.41) is 17.7. The molecule has 150 valence electrons. The number of carbonyl (C=O) groups is 1. The van der Waals surface area contributed by atoms with Crippen molar-refractivity contribution in [1.82, 2.24) is 14.1 Å². The van der Waals surface area contributed by atoms with Gasteiger partial charge in [-0.25, -0.2) is 8.42 Å². The number of nitro benzene ring substituents is 1. The van der Waals surface area contributed by atoms with E-state index in [9.17, 15) is 23.3 Å². The number of carbonyl (C=O) groups excluding carboxylic acids is 1. The Morgan fingerprint density at radius 3 is 2.36 bits per heavy atom. The monoisotopic (exact) mass is 407 g/mol. The zero-order valence-corrected chi connectivity index (χ0v) is 16.3. The van der Waals surface area contributed by atoms with E-state index in [4.69, 9.17) is 0 Å². The van der Waals surface area contributed by atoms with Crippen molar-refractivity contribution in [3.8, 4) is 0 Å². The summed E-state index contributed by atoms with van der Waals surface area (Å²) in [6, 6.07) is 4.81. The van der Waals surface area contributed by atoms with Crippen LogP contribution in [-0.4, -0.2) is 46.4 Å². The molecule has 1 amide bonds. The molecule has 10 nitrogen and oxygen atoms in total. The van der Waals surface area contributed by atoms with Crippen LogP contribution in [0.3, 0.4) is 0 Å². The number of rotatable bonds is 5. The summed E-state index contributed by atoms with van der Waals surface area (Å²) in [5.74, 6) is -0.439. The van der Waals surface area contributed by atoms with Gasteiger partial charge in [0.15, 0.2) is 0 Å².